The lowest BCUT2D eigenvalue weighted by Crippen LogP contribution is -2.09. The van der Waals surface area contributed by atoms with Crippen LogP contribution in [0, 0.1) is 17.9 Å². The van der Waals surface area contributed by atoms with E-state index in [9.17, 15) is 11.8 Å². The Labute approximate surface area is 390 Å². The first kappa shape index (κ1) is 36.9. The van der Waals surface area contributed by atoms with Crippen molar-refractivity contribution in [3.05, 3.63) is 199 Å². The van der Waals surface area contributed by atoms with Crippen LogP contribution in [0.15, 0.2) is 187 Å². The van der Waals surface area contributed by atoms with Gasteiger partial charge in [-0.15, -0.1) is 11.3 Å². The molecule has 8 heteroatoms. The van der Waals surface area contributed by atoms with Crippen LogP contribution in [0.4, 0.5) is 5.69 Å². The summed E-state index contributed by atoms with van der Waals surface area (Å²) in [5.41, 5.74) is 12.0. The number of para-hydroxylation sites is 1. The first-order valence-electron chi connectivity index (χ1n) is 22.4. The molecule has 6 heterocycles. The molecule has 0 atom stereocenters. The van der Waals surface area contributed by atoms with E-state index in [2.05, 4.69) is 117 Å². The number of rotatable bonds is 4. The van der Waals surface area contributed by atoms with Crippen LogP contribution in [-0.2, 0) is 0 Å². The summed E-state index contributed by atoms with van der Waals surface area (Å²) in [5.74, 6) is 0. The second kappa shape index (κ2) is 13.6. The number of hydrogen-bond donors (Lipinski definition) is 0. The lowest BCUT2D eigenvalue weighted by Gasteiger charge is -2.25. The van der Waals surface area contributed by atoms with Crippen LogP contribution in [0.2, 0.25) is 0 Å². The summed E-state index contributed by atoms with van der Waals surface area (Å²) in [5, 5.41) is 22.5. The molecule has 0 saturated carbocycles. The van der Waals surface area contributed by atoms with Gasteiger partial charge in [-0.25, -0.2) is 4.85 Å². The lowest BCUT2D eigenvalue weighted by atomic mass is 9.88. The number of fused-ring (bicyclic) bond motifs is 13. The fraction of sp³-hybridized carbons (Fsp3) is 0. The van der Waals surface area contributed by atoms with Gasteiger partial charge in [0.25, 0.3) is 0 Å². The Morgan fingerprint density at radius 3 is 1.79 bits per heavy atom. The minimum Gasteiger partial charge on any atom is -0.456 e. The van der Waals surface area contributed by atoms with E-state index in [4.69, 9.17) is 14.4 Å². The van der Waals surface area contributed by atoms with Gasteiger partial charge < -0.3 is 13.6 Å². The maximum absolute atomic E-state index is 12.0. The molecule has 0 unspecified atom stereocenters. The second-order valence-electron chi connectivity index (χ2n) is 17.4. The highest BCUT2D eigenvalue weighted by Gasteiger charge is 2.33. The zero-order chi connectivity index (χ0) is 44.8. The predicted molar refractivity (Wildman–Crippen MR) is 279 cm³/mol. The average molecular weight is 883 g/mol. The number of furan rings is 1. The van der Waals surface area contributed by atoms with Crippen molar-refractivity contribution < 1.29 is 4.42 Å². The van der Waals surface area contributed by atoms with Gasteiger partial charge in [0, 0.05) is 88.1 Å². The quantitative estimate of drug-likeness (QED) is 0.130. The Bertz CT molecular complexity index is 4670. The first-order chi connectivity index (χ1) is 33.7. The zero-order valence-corrected chi connectivity index (χ0v) is 36.6. The fourth-order valence-corrected chi connectivity index (χ4v) is 12.5. The van der Waals surface area contributed by atoms with E-state index in [0.717, 1.165) is 114 Å². The van der Waals surface area contributed by atoms with E-state index < -0.39 is 0 Å². The van der Waals surface area contributed by atoms with Crippen LogP contribution in [0.25, 0.3) is 146 Å². The Morgan fingerprint density at radius 1 is 0.515 bits per heavy atom. The molecule has 0 radical (unpaired) electrons. The van der Waals surface area contributed by atoms with Crippen LogP contribution in [-0.4, -0.2) is 19.1 Å². The molecular weight excluding hydrogens is 853 g/mol. The minimum atomic E-state index is 0.370. The van der Waals surface area contributed by atoms with Crippen molar-refractivity contribution in [2.75, 3.05) is 0 Å². The summed E-state index contributed by atoms with van der Waals surface area (Å²) in [4.78, 5) is 14.6. The highest BCUT2D eigenvalue weighted by molar-refractivity contribution is 7.26. The minimum absolute atomic E-state index is 0.370. The topological polar surface area (TPSA) is 76.9 Å². The van der Waals surface area contributed by atoms with Gasteiger partial charge in [-0.1, -0.05) is 133 Å². The van der Waals surface area contributed by atoms with Gasteiger partial charge in [0.05, 0.1) is 61.3 Å². The molecule has 0 amide bonds. The summed E-state index contributed by atoms with van der Waals surface area (Å²) < 4.78 is 13.5. The Morgan fingerprint density at radius 2 is 1.12 bits per heavy atom. The number of thiophene rings is 1. The molecule has 15 rings (SSSR count). The zero-order valence-electron chi connectivity index (χ0n) is 35.8. The molecule has 68 heavy (non-hydrogen) atoms. The summed E-state index contributed by atoms with van der Waals surface area (Å²) in [7, 11) is 0. The van der Waals surface area contributed by atoms with Crippen molar-refractivity contribution >= 4 is 125 Å². The number of aromatic nitrogens is 4. The molecule has 0 bridgehead atoms. The SMILES string of the molecule is [C-]#[N+]c1c(-c2ccccc2)c(C#N)c(-n2c3cc4oc5ccccc5c4cc3c3ccc4c5ccccc5sc4c32)c(-c2ccccc2)c1-n1c2ccnc3c4ccccc4c4nccc1c4c32. The number of nitrogens with zero attached hydrogens (tertiary/aromatic N) is 6. The maximum Gasteiger partial charge on any atom is 0.220 e. The third-order valence-electron chi connectivity index (χ3n) is 14.0. The van der Waals surface area contributed by atoms with Crippen molar-refractivity contribution in [3.8, 4) is 39.7 Å². The third-order valence-corrected chi connectivity index (χ3v) is 15.2. The molecular formula is C60H30N6OS. The molecule has 312 valence electrons. The van der Waals surface area contributed by atoms with Crippen molar-refractivity contribution in [1.82, 2.24) is 19.1 Å². The molecule has 7 nitrogen and oxygen atoms in total. The number of benzene rings is 9. The van der Waals surface area contributed by atoms with Crippen molar-refractivity contribution in [3.63, 3.8) is 0 Å². The predicted octanol–water partition coefficient (Wildman–Crippen LogP) is 16.4. The van der Waals surface area contributed by atoms with Gasteiger partial charge in [0.2, 0.25) is 5.69 Å². The van der Waals surface area contributed by atoms with E-state index in [-0.39, 0.29) is 0 Å². The van der Waals surface area contributed by atoms with Crippen LogP contribution < -0.4 is 0 Å². The number of nitriles is 1. The monoisotopic (exact) mass is 882 g/mol. The van der Waals surface area contributed by atoms with Gasteiger partial charge in [0.1, 0.15) is 17.2 Å². The largest absolute Gasteiger partial charge is 0.456 e. The van der Waals surface area contributed by atoms with Crippen molar-refractivity contribution in [2.45, 2.75) is 0 Å². The van der Waals surface area contributed by atoms with Crippen LogP contribution in [0.1, 0.15) is 5.56 Å². The molecule has 0 aliphatic rings. The summed E-state index contributed by atoms with van der Waals surface area (Å²) in [6.45, 7) is 9.31. The average Bonchev–Trinajstić information content (AvgIpc) is 4.15. The molecule has 0 fully saturated rings. The van der Waals surface area contributed by atoms with E-state index in [1.807, 2.05) is 85.2 Å². The maximum atomic E-state index is 12.0. The Balaban J connectivity index is 1.24. The lowest BCUT2D eigenvalue weighted by molar-refractivity contribution is 0.669. The standard InChI is InChI=1S/C60H30N6OS/c1-62-56-50(33-14-4-2-5-15-33)43(32-61)57(51(34-16-6-3-7-17-34)59(56)65-44-26-28-63-54-37-20-8-9-21-38(37)55-53(52(44)54)45(65)27-29-64-55)66-46-31-48-42(35-18-10-12-22-47(35)67-48)30-41(46)39-24-25-40-36-19-11-13-23-49(36)68-60(40)58(39)66/h2-31H. The fourth-order valence-electron chi connectivity index (χ4n) is 11.3. The molecule has 0 N–H and O–H groups in total. The van der Waals surface area contributed by atoms with Crippen molar-refractivity contribution in [1.29, 1.82) is 5.26 Å². The highest BCUT2D eigenvalue weighted by atomic mass is 32.1. The Hall–Kier alpha value is -9.34. The van der Waals surface area contributed by atoms with Gasteiger partial charge in [-0.3, -0.25) is 9.97 Å². The molecule has 9 aromatic carbocycles. The number of pyridine rings is 2. The Kier molecular flexibility index (Phi) is 7.39. The van der Waals surface area contributed by atoms with Crippen LogP contribution >= 0.6 is 11.3 Å². The molecule has 0 spiro atoms. The van der Waals surface area contributed by atoms with Gasteiger partial charge in [0.15, 0.2) is 0 Å². The van der Waals surface area contributed by atoms with Gasteiger partial charge in [-0.2, -0.15) is 5.26 Å². The summed E-state index contributed by atoms with van der Waals surface area (Å²) >= 11 is 1.76. The van der Waals surface area contributed by atoms with E-state index in [0.29, 0.717) is 28.2 Å². The molecule has 0 aliphatic heterocycles. The third kappa shape index (κ3) is 4.73. The molecule has 0 aliphatic carbocycles. The van der Waals surface area contributed by atoms with Crippen LogP contribution in [0.3, 0.4) is 0 Å². The van der Waals surface area contributed by atoms with Gasteiger partial charge in [-0.05, 0) is 41.5 Å². The van der Waals surface area contributed by atoms with Crippen LogP contribution in [0.5, 0.6) is 0 Å². The van der Waals surface area contributed by atoms with E-state index >= 15 is 0 Å². The number of hydrogen-bond acceptors (Lipinski definition) is 5. The highest BCUT2D eigenvalue weighted by Crippen LogP contribution is 2.54. The summed E-state index contributed by atoms with van der Waals surface area (Å²) in [6, 6.07) is 61.1. The molecule has 6 aromatic heterocycles. The normalized spacial score (nSPS) is 12.1. The molecule has 0 saturated heterocycles. The van der Waals surface area contributed by atoms with E-state index in [1.165, 1.54) is 10.1 Å². The van der Waals surface area contributed by atoms with Crippen molar-refractivity contribution in [2.24, 2.45) is 0 Å². The smallest absolute Gasteiger partial charge is 0.220 e. The molecule has 15 aromatic rings. The van der Waals surface area contributed by atoms with Gasteiger partial charge >= 0.3 is 0 Å². The van der Waals surface area contributed by atoms with E-state index in [1.54, 1.807) is 11.3 Å². The first-order valence-corrected chi connectivity index (χ1v) is 23.2. The summed E-state index contributed by atoms with van der Waals surface area (Å²) in [6.07, 6.45) is 3.74. The second-order valence-corrected chi connectivity index (χ2v) is 18.4.